The summed E-state index contributed by atoms with van der Waals surface area (Å²) in [6, 6.07) is 29.8. The average molecular weight is 545 g/mol. The molecule has 0 amide bonds. The van der Waals surface area contributed by atoms with Gasteiger partial charge in [0.05, 0.1) is 11.4 Å². The summed E-state index contributed by atoms with van der Waals surface area (Å²) in [5.74, 6) is 0. The summed E-state index contributed by atoms with van der Waals surface area (Å²) in [6.45, 7) is 13.9. The zero-order valence-corrected chi connectivity index (χ0v) is 25.1. The van der Waals surface area contributed by atoms with Gasteiger partial charge in [-0.05, 0) is 86.7 Å². The van der Waals surface area contributed by atoms with Crippen LogP contribution < -0.4 is 24.8 Å². The van der Waals surface area contributed by atoms with Gasteiger partial charge in [-0.1, -0.05) is 71.9 Å². The molecule has 0 spiro atoms. The standard InChI is InChI=1S/C34H33BN2S2/c1-33(2,3)22-10-14-24(15-11-22)36-26-8-7-9-27-30(26)35(31-28(36)18-20-38-31)32-29(19-21-39-32)37(27)25-16-12-23(13-17-25)34(4,5)6/h7-21H,1-6H3. The molecule has 4 heterocycles. The van der Waals surface area contributed by atoms with Gasteiger partial charge in [0.1, 0.15) is 0 Å². The summed E-state index contributed by atoms with van der Waals surface area (Å²) in [5, 5.41) is 4.52. The van der Waals surface area contributed by atoms with Crippen LogP contribution in [0.3, 0.4) is 0 Å². The van der Waals surface area contributed by atoms with E-state index in [0.717, 1.165) is 0 Å². The minimum absolute atomic E-state index is 0.129. The molecule has 0 unspecified atom stereocenters. The van der Waals surface area contributed by atoms with Gasteiger partial charge in [0.15, 0.2) is 0 Å². The van der Waals surface area contributed by atoms with Crippen LogP contribution in [-0.4, -0.2) is 6.71 Å². The summed E-state index contributed by atoms with van der Waals surface area (Å²) < 4.78 is 2.86. The first-order valence-electron chi connectivity index (χ1n) is 13.7. The lowest BCUT2D eigenvalue weighted by atomic mass is 9.39. The Balaban J connectivity index is 1.43. The Morgan fingerprint density at radius 3 is 1.31 bits per heavy atom. The van der Waals surface area contributed by atoms with E-state index >= 15 is 0 Å². The summed E-state index contributed by atoms with van der Waals surface area (Å²) >= 11 is 3.77. The van der Waals surface area contributed by atoms with Crippen molar-refractivity contribution in [3.63, 3.8) is 0 Å². The molecular weight excluding hydrogens is 511 g/mol. The summed E-state index contributed by atoms with van der Waals surface area (Å²) in [7, 11) is 0. The van der Waals surface area contributed by atoms with Crippen molar-refractivity contribution in [1.29, 1.82) is 0 Å². The van der Waals surface area contributed by atoms with Crippen molar-refractivity contribution in [2.75, 3.05) is 9.80 Å². The molecule has 2 aliphatic heterocycles. The number of hydrogen-bond donors (Lipinski definition) is 0. The monoisotopic (exact) mass is 544 g/mol. The normalized spacial score (nSPS) is 14.3. The molecule has 0 atom stereocenters. The SMILES string of the molecule is CC(C)(C)c1ccc(N2c3ccsc3B3c4sccc4N(c4ccc(C(C)(C)C)cc4)c4cccc2c43)cc1. The first-order chi connectivity index (χ1) is 18.6. The molecule has 2 aliphatic rings. The number of benzene rings is 3. The molecule has 2 nitrogen and oxygen atoms in total. The topological polar surface area (TPSA) is 6.48 Å². The van der Waals surface area contributed by atoms with Crippen LogP contribution in [0.1, 0.15) is 52.7 Å². The molecule has 7 rings (SSSR count). The van der Waals surface area contributed by atoms with Gasteiger partial charge >= 0.3 is 0 Å². The molecule has 0 saturated carbocycles. The Morgan fingerprint density at radius 2 is 0.923 bits per heavy atom. The molecule has 39 heavy (non-hydrogen) atoms. The maximum Gasteiger partial charge on any atom is 0.277 e. The number of rotatable bonds is 2. The summed E-state index contributed by atoms with van der Waals surface area (Å²) in [6.07, 6.45) is 0. The fourth-order valence-corrected chi connectivity index (χ4v) is 8.14. The Morgan fingerprint density at radius 1 is 0.513 bits per heavy atom. The van der Waals surface area contributed by atoms with Crippen molar-refractivity contribution in [3.05, 3.63) is 101 Å². The van der Waals surface area contributed by atoms with Gasteiger partial charge in [-0.15, -0.1) is 0 Å². The first-order valence-corrected chi connectivity index (χ1v) is 15.5. The van der Waals surface area contributed by atoms with Gasteiger partial charge in [0.25, 0.3) is 6.71 Å². The third-order valence-corrected chi connectivity index (χ3v) is 10.1. The smallest absolute Gasteiger partial charge is 0.277 e. The van der Waals surface area contributed by atoms with E-state index in [0.29, 0.717) is 0 Å². The predicted octanol–water partition coefficient (Wildman–Crippen LogP) is 8.49. The molecule has 0 bridgehead atoms. The van der Waals surface area contributed by atoms with Crippen molar-refractivity contribution in [3.8, 4) is 0 Å². The average Bonchev–Trinajstić information content (AvgIpc) is 3.58. The highest BCUT2D eigenvalue weighted by molar-refractivity contribution is 7.35. The number of hydrogen-bond acceptors (Lipinski definition) is 4. The second kappa shape index (κ2) is 8.61. The lowest BCUT2D eigenvalue weighted by Gasteiger charge is -2.41. The van der Waals surface area contributed by atoms with Crippen LogP contribution in [0.15, 0.2) is 89.6 Å². The van der Waals surface area contributed by atoms with Gasteiger partial charge in [-0.3, -0.25) is 0 Å². The highest BCUT2D eigenvalue weighted by Crippen LogP contribution is 2.45. The number of anilines is 6. The van der Waals surface area contributed by atoms with E-state index in [9.17, 15) is 0 Å². The lowest BCUT2D eigenvalue weighted by Crippen LogP contribution is -2.59. The number of nitrogens with zero attached hydrogens (tertiary/aromatic N) is 2. The van der Waals surface area contributed by atoms with Crippen LogP contribution in [0.25, 0.3) is 0 Å². The fourth-order valence-electron chi connectivity index (χ4n) is 6.07. The maximum absolute atomic E-state index is 2.48. The molecule has 2 aromatic heterocycles. The Bertz CT molecular complexity index is 1560. The van der Waals surface area contributed by atoms with Gasteiger partial charge in [0, 0.05) is 32.3 Å². The molecule has 0 radical (unpaired) electrons. The number of fused-ring (bicyclic) bond motifs is 4. The van der Waals surface area contributed by atoms with E-state index in [1.54, 1.807) is 0 Å². The third kappa shape index (κ3) is 3.82. The zero-order chi connectivity index (χ0) is 27.1. The zero-order valence-electron chi connectivity index (χ0n) is 23.4. The Labute approximate surface area is 240 Å². The largest absolute Gasteiger partial charge is 0.311 e. The third-order valence-electron chi connectivity index (χ3n) is 8.17. The molecule has 0 fully saturated rings. The van der Waals surface area contributed by atoms with E-state index in [4.69, 9.17) is 0 Å². The molecule has 3 aromatic carbocycles. The molecule has 0 saturated heterocycles. The van der Waals surface area contributed by atoms with E-state index < -0.39 is 0 Å². The van der Waals surface area contributed by atoms with Gasteiger partial charge < -0.3 is 9.80 Å². The van der Waals surface area contributed by atoms with Crippen LogP contribution in [0, 0.1) is 0 Å². The Hall–Kier alpha value is -3.28. The van der Waals surface area contributed by atoms with E-state index in [2.05, 4.69) is 141 Å². The summed E-state index contributed by atoms with van der Waals surface area (Å²) in [5.41, 5.74) is 12.0. The maximum atomic E-state index is 2.48. The molecule has 194 valence electrons. The lowest BCUT2D eigenvalue weighted by molar-refractivity contribution is 0.590. The van der Waals surface area contributed by atoms with Gasteiger partial charge in [0.2, 0.25) is 0 Å². The van der Waals surface area contributed by atoms with E-state index in [1.165, 1.54) is 60.3 Å². The second-order valence-electron chi connectivity index (χ2n) is 12.7. The minimum atomic E-state index is 0.129. The Kier molecular flexibility index (Phi) is 5.46. The first kappa shape index (κ1) is 24.7. The summed E-state index contributed by atoms with van der Waals surface area (Å²) in [4.78, 5) is 4.96. The van der Waals surface area contributed by atoms with Crippen LogP contribution in [0.4, 0.5) is 34.1 Å². The number of thiophene rings is 2. The highest BCUT2D eigenvalue weighted by atomic mass is 32.1. The van der Waals surface area contributed by atoms with Crippen molar-refractivity contribution in [2.45, 2.75) is 52.4 Å². The van der Waals surface area contributed by atoms with Crippen molar-refractivity contribution in [2.24, 2.45) is 0 Å². The van der Waals surface area contributed by atoms with Crippen LogP contribution in [0.5, 0.6) is 0 Å². The van der Waals surface area contributed by atoms with Crippen LogP contribution in [0.2, 0.25) is 0 Å². The van der Waals surface area contributed by atoms with Crippen molar-refractivity contribution < 1.29 is 0 Å². The predicted molar refractivity (Wildman–Crippen MR) is 174 cm³/mol. The molecule has 5 heteroatoms. The van der Waals surface area contributed by atoms with Crippen molar-refractivity contribution in [1.82, 2.24) is 0 Å². The van der Waals surface area contributed by atoms with Crippen molar-refractivity contribution >= 4 is 78.5 Å². The molecule has 0 aliphatic carbocycles. The van der Waals surface area contributed by atoms with E-state index in [1.807, 2.05) is 22.7 Å². The fraction of sp³-hybridized carbons (Fsp3) is 0.235. The second-order valence-corrected chi connectivity index (χ2v) is 14.6. The molecule has 0 N–H and O–H groups in total. The van der Waals surface area contributed by atoms with Gasteiger partial charge in [-0.25, -0.2) is 0 Å². The molecular formula is C34H33BN2S2. The van der Waals surface area contributed by atoms with Crippen LogP contribution in [-0.2, 0) is 10.8 Å². The molecule has 5 aromatic rings. The minimum Gasteiger partial charge on any atom is -0.311 e. The van der Waals surface area contributed by atoms with Crippen LogP contribution >= 0.6 is 22.7 Å². The quantitative estimate of drug-likeness (QED) is 0.201. The highest BCUT2D eigenvalue weighted by Gasteiger charge is 2.44. The van der Waals surface area contributed by atoms with E-state index in [-0.39, 0.29) is 17.5 Å². The van der Waals surface area contributed by atoms with Gasteiger partial charge in [-0.2, -0.15) is 22.7 Å².